The zero-order chi connectivity index (χ0) is 23.2. The second-order valence-corrected chi connectivity index (χ2v) is 9.74. The van der Waals surface area contributed by atoms with E-state index in [1.165, 1.54) is 11.8 Å². The third-order valence-electron chi connectivity index (χ3n) is 4.75. The van der Waals surface area contributed by atoms with E-state index in [9.17, 15) is 4.79 Å². The molecular weight excluding hydrogens is 568 g/mol. The number of ether oxygens (including phenoxy) is 1. The molecule has 0 unspecified atom stereocenters. The molecule has 0 fully saturated rings. The number of rotatable bonds is 9. The number of aromatic nitrogens is 3. The lowest BCUT2D eigenvalue weighted by Gasteiger charge is -2.11. The van der Waals surface area contributed by atoms with Crippen LogP contribution in [0.2, 0.25) is 0 Å². The van der Waals surface area contributed by atoms with E-state index in [2.05, 4.69) is 66.1 Å². The predicted octanol–water partition coefficient (Wildman–Crippen LogP) is 6.45. The first-order valence-corrected chi connectivity index (χ1v) is 12.6. The van der Waals surface area contributed by atoms with Crippen LogP contribution in [0.3, 0.4) is 0 Å². The molecule has 33 heavy (non-hydrogen) atoms. The molecule has 9 heteroatoms. The minimum Gasteiger partial charge on any atom is -0.485 e. The summed E-state index contributed by atoms with van der Waals surface area (Å²) in [7, 11) is 0. The number of nitrogens with one attached hydrogen (secondary N) is 1. The van der Waals surface area contributed by atoms with Gasteiger partial charge in [-0.15, -0.1) is 16.8 Å². The van der Waals surface area contributed by atoms with E-state index < -0.39 is 0 Å². The highest BCUT2D eigenvalue weighted by molar-refractivity contribution is 9.11. The number of fused-ring (bicyclic) bond motifs is 1. The van der Waals surface area contributed by atoms with Crippen LogP contribution in [0.1, 0.15) is 5.82 Å². The van der Waals surface area contributed by atoms with E-state index in [-0.39, 0.29) is 18.3 Å². The number of carbonyl (C=O) groups is 1. The van der Waals surface area contributed by atoms with E-state index in [0.29, 0.717) is 23.2 Å². The normalized spacial score (nSPS) is 10.8. The standard InChI is InChI=1S/C24H20Br2N4O2S/c1-2-12-30-22(14-32-21-9-5-7-16-6-3-4-8-18(16)21)28-29-24(30)33-15-23(31)27-20-13-17(25)10-11-19(20)26/h2-11,13H,1,12,14-15H2,(H,27,31). The summed E-state index contributed by atoms with van der Waals surface area (Å²) >= 11 is 8.18. The van der Waals surface area contributed by atoms with Crippen molar-refractivity contribution in [3.63, 3.8) is 0 Å². The van der Waals surface area contributed by atoms with Gasteiger partial charge in [-0.25, -0.2) is 0 Å². The molecule has 4 aromatic rings. The molecule has 1 amide bonds. The molecule has 0 spiro atoms. The smallest absolute Gasteiger partial charge is 0.234 e. The van der Waals surface area contributed by atoms with Gasteiger partial charge < -0.3 is 10.1 Å². The number of thioether (sulfide) groups is 1. The Kier molecular flexibility index (Phi) is 7.85. The maximum atomic E-state index is 12.5. The minimum absolute atomic E-state index is 0.138. The van der Waals surface area contributed by atoms with Crippen LogP contribution in [0.15, 0.2) is 87.4 Å². The van der Waals surface area contributed by atoms with Gasteiger partial charge in [-0.1, -0.05) is 70.2 Å². The summed E-state index contributed by atoms with van der Waals surface area (Å²) in [6.45, 7) is 4.60. The lowest BCUT2D eigenvalue weighted by molar-refractivity contribution is -0.113. The third-order valence-corrected chi connectivity index (χ3v) is 6.90. The molecule has 0 saturated heterocycles. The summed E-state index contributed by atoms with van der Waals surface area (Å²) in [5, 5.41) is 14.3. The number of hydrogen-bond acceptors (Lipinski definition) is 5. The molecule has 0 aliphatic rings. The molecule has 4 rings (SSSR count). The molecular formula is C24H20Br2N4O2S. The van der Waals surface area contributed by atoms with Crippen LogP contribution in [0.25, 0.3) is 10.8 Å². The van der Waals surface area contributed by atoms with Crippen molar-refractivity contribution in [2.45, 2.75) is 18.3 Å². The molecule has 1 aromatic heterocycles. The van der Waals surface area contributed by atoms with Crippen LogP contribution < -0.4 is 10.1 Å². The van der Waals surface area contributed by atoms with Gasteiger partial charge in [0.15, 0.2) is 11.0 Å². The van der Waals surface area contributed by atoms with Crippen molar-refractivity contribution in [2.75, 3.05) is 11.1 Å². The lowest BCUT2D eigenvalue weighted by atomic mass is 10.1. The Morgan fingerprint density at radius 2 is 1.94 bits per heavy atom. The molecule has 168 valence electrons. The predicted molar refractivity (Wildman–Crippen MR) is 140 cm³/mol. The Bertz CT molecular complexity index is 1300. The van der Waals surface area contributed by atoms with Gasteiger partial charge in [0.1, 0.15) is 12.4 Å². The molecule has 0 aliphatic carbocycles. The van der Waals surface area contributed by atoms with E-state index >= 15 is 0 Å². The monoisotopic (exact) mass is 586 g/mol. The molecule has 0 bridgehead atoms. The summed E-state index contributed by atoms with van der Waals surface area (Å²) in [6, 6.07) is 19.6. The van der Waals surface area contributed by atoms with Crippen molar-refractivity contribution >= 4 is 66.0 Å². The van der Waals surface area contributed by atoms with Crippen molar-refractivity contribution in [3.05, 3.63) is 88.1 Å². The first kappa shape index (κ1) is 23.5. The Morgan fingerprint density at radius 1 is 1.12 bits per heavy atom. The number of benzene rings is 3. The molecule has 0 aliphatic heterocycles. The number of anilines is 1. The third kappa shape index (κ3) is 5.85. The number of hydrogen-bond donors (Lipinski definition) is 1. The summed E-state index contributed by atoms with van der Waals surface area (Å²) in [5.41, 5.74) is 0.701. The van der Waals surface area contributed by atoms with Gasteiger partial charge in [0.2, 0.25) is 5.91 Å². The van der Waals surface area contributed by atoms with Crippen LogP contribution in [0, 0.1) is 0 Å². The van der Waals surface area contributed by atoms with Crippen molar-refractivity contribution in [1.82, 2.24) is 14.8 Å². The van der Waals surface area contributed by atoms with Crippen molar-refractivity contribution < 1.29 is 9.53 Å². The summed E-state index contributed by atoms with van der Waals surface area (Å²) in [4.78, 5) is 12.5. The zero-order valence-electron chi connectivity index (χ0n) is 17.5. The van der Waals surface area contributed by atoms with E-state index in [1.54, 1.807) is 6.08 Å². The molecule has 1 heterocycles. The van der Waals surface area contributed by atoms with Gasteiger partial charge in [-0.05, 0) is 45.6 Å². The summed E-state index contributed by atoms with van der Waals surface area (Å²) < 4.78 is 9.68. The van der Waals surface area contributed by atoms with E-state index in [4.69, 9.17) is 4.74 Å². The van der Waals surface area contributed by atoms with Crippen LogP contribution >= 0.6 is 43.6 Å². The van der Waals surface area contributed by atoms with E-state index in [0.717, 1.165) is 25.5 Å². The fourth-order valence-electron chi connectivity index (χ4n) is 3.22. The Balaban J connectivity index is 1.43. The van der Waals surface area contributed by atoms with Gasteiger partial charge in [-0.2, -0.15) is 0 Å². The second-order valence-electron chi connectivity index (χ2n) is 7.03. The number of amides is 1. The minimum atomic E-state index is -0.138. The van der Waals surface area contributed by atoms with Crippen molar-refractivity contribution in [3.8, 4) is 5.75 Å². The average molecular weight is 588 g/mol. The molecule has 0 atom stereocenters. The summed E-state index contributed by atoms with van der Waals surface area (Å²) in [5.74, 6) is 1.51. The summed E-state index contributed by atoms with van der Waals surface area (Å²) in [6.07, 6.45) is 1.77. The molecule has 0 saturated carbocycles. The highest BCUT2D eigenvalue weighted by atomic mass is 79.9. The van der Waals surface area contributed by atoms with Gasteiger partial charge in [0.05, 0.1) is 11.4 Å². The molecule has 0 radical (unpaired) electrons. The highest BCUT2D eigenvalue weighted by Gasteiger charge is 2.15. The fraction of sp³-hybridized carbons (Fsp3) is 0.125. The van der Waals surface area contributed by atoms with Gasteiger partial charge in [0.25, 0.3) is 0 Å². The average Bonchev–Trinajstić information content (AvgIpc) is 3.20. The second kappa shape index (κ2) is 11.0. The first-order chi connectivity index (χ1) is 16.0. The Morgan fingerprint density at radius 3 is 2.79 bits per heavy atom. The zero-order valence-corrected chi connectivity index (χ0v) is 21.5. The van der Waals surface area contributed by atoms with Crippen molar-refractivity contribution in [2.24, 2.45) is 0 Å². The van der Waals surface area contributed by atoms with Crippen LogP contribution in [-0.4, -0.2) is 26.4 Å². The van der Waals surface area contributed by atoms with Gasteiger partial charge in [0, 0.05) is 20.9 Å². The van der Waals surface area contributed by atoms with Crippen LogP contribution in [0.4, 0.5) is 5.69 Å². The van der Waals surface area contributed by atoms with Crippen LogP contribution in [0.5, 0.6) is 5.75 Å². The number of carbonyl (C=O) groups excluding carboxylic acids is 1. The van der Waals surface area contributed by atoms with Gasteiger partial charge in [-0.3, -0.25) is 9.36 Å². The number of halogens is 2. The molecule has 1 N–H and O–H groups in total. The molecule has 6 nitrogen and oxygen atoms in total. The fourth-order valence-corrected chi connectivity index (χ4v) is 4.69. The first-order valence-electron chi connectivity index (χ1n) is 10.1. The largest absolute Gasteiger partial charge is 0.485 e. The van der Waals surface area contributed by atoms with Crippen molar-refractivity contribution in [1.29, 1.82) is 0 Å². The number of nitrogens with zero attached hydrogens (tertiary/aromatic N) is 3. The van der Waals surface area contributed by atoms with E-state index in [1.807, 2.05) is 53.1 Å². The maximum Gasteiger partial charge on any atom is 0.234 e. The van der Waals surface area contributed by atoms with Gasteiger partial charge >= 0.3 is 0 Å². The Labute approximate surface area is 212 Å². The molecule has 3 aromatic carbocycles. The Hall–Kier alpha value is -2.62. The SMILES string of the molecule is C=CCn1c(COc2cccc3ccccc23)nnc1SCC(=O)Nc1cc(Br)ccc1Br. The quantitative estimate of drug-likeness (QED) is 0.180. The maximum absolute atomic E-state index is 12.5. The topological polar surface area (TPSA) is 69.0 Å². The van der Waals surface area contributed by atoms with Crippen LogP contribution in [-0.2, 0) is 17.9 Å². The number of allylic oxidation sites excluding steroid dienone is 1. The highest BCUT2D eigenvalue weighted by Crippen LogP contribution is 2.28. The lowest BCUT2D eigenvalue weighted by Crippen LogP contribution is -2.15.